The number of rotatable bonds is 11. The number of amides is 1. The third-order valence-electron chi connectivity index (χ3n) is 3.60. The summed E-state index contributed by atoms with van der Waals surface area (Å²) in [6.45, 7) is 13.3. The lowest BCUT2D eigenvalue weighted by molar-refractivity contribution is 0.0953. The van der Waals surface area contributed by atoms with Crippen molar-refractivity contribution in [3.63, 3.8) is 0 Å². The lowest BCUT2D eigenvalue weighted by atomic mass is 10.1. The standard InChI is InChI=1S/C20H32N2O4/c1-7-24-17-12-16(13-18(25-8-2)19(17)26-9-3)20(23)22-21-15(6)11-10-14(4)5/h12-14H,7-11H2,1-6H3,(H,22,23)/b21-15+. The molecule has 1 N–H and O–H groups in total. The average molecular weight is 364 g/mol. The number of nitrogens with zero attached hydrogens (tertiary/aromatic N) is 1. The first kappa shape index (κ1) is 21.8. The predicted molar refractivity (Wildman–Crippen MR) is 105 cm³/mol. The fourth-order valence-corrected chi connectivity index (χ4v) is 2.28. The molecule has 0 radical (unpaired) electrons. The molecule has 0 aromatic heterocycles. The molecule has 0 unspecified atom stereocenters. The van der Waals surface area contributed by atoms with Crippen LogP contribution in [0, 0.1) is 5.92 Å². The third-order valence-corrected chi connectivity index (χ3v) is 3.60. The molecule has 1 rings (SSSR count). The highest BCUT2D eigenvalue weighted by Gasteiger charge is 2.18. The van der Waals surface area contributed by atoms with Crippen molar-refractivity contribution in [2.24, 2.45) is 11.0 Å². The summed E-state index contributed by atoms with van der Waals surface area (Å²) in [4.78, 5) is 12.5. The highest BCUT2D eigenvalue weighted by Crippen LogP contribution is 2.39. The highest BCUT2D eigenvalue weighted by molar-refractivity contribution is 5.96. The van der Waals surface area contributed by atoms with Gasteiger partial charge in [-0.1, -0.05) is 13.8 Å². The first-order chi connectivity index (χ1) is 12.4. The minimum Gasteiger partial charge on any atom is -0.490 e. The first-order valence-electron chi connectivity index (χ1n) is 9.32. The van der Waals surface area contributed by atoms with Gasteiger partial charge < -0.3 is 14.2 Å². The minimum absolute atomic E-state index is 0.307. The van der Waals surface area contributed by atoms with Gasteiger partial charge in [-0.3, -0.25) is 4.79 Å². The summed E-state index contributed by atoms with van der Waals surface area (Å²) in [5, 5.41) is 4.19. The second-order valence-electron chi connectivity index (χ2n) is 6.32. The van der Waals surface area contributed by atoms with E-state index in [4.69, 9.17) is 14.2 Å². The van der Waals surface area contributed by atoms with Crippen LogP contribution in [0.3, 0.4) is 0 Å². The number of benzene rings is 1. The molecule has 0 heterocycles. The van der Waals surface area contributed by atoms with Crippen LogP contribution in [-0.4, -0.2) is 31.4 Å². The van der Waals surface area contributed by atoms with Crippen molar-refractivity contribution in [3.8, 4) is 17.2 Å². The van der Waals surface area contributed by atoms with Crippen molar-refractivity contribution in [1.82, 2.24) is 5.43 Å². The van der Waals surface area contributed by atoms with Crippen LogP contribution < -0.4 is 19.6 Å². The lowest BCUT2D eigenvalue weighted by Crippen LogP contribution is -2.19. The smallest absolute Gasteiger partial charge is 0.271 e. The van der Waals surface area contributed by atoms with Crippen LogP contribution in [0.1, 0.15) is 64.7 Å². The number of carbonyl (C=O) groups excluding carboxylic acids is 1. The molecule has 0 bridgehead atoms. The Balaban J connectivity index is 3.02. The maximum atomic E-state index is 12.5. The zero-order valence-electron chi connectivity index (χ0n) is 16.8. The number of carbonyl (C=O) groups is 1. The number of nitrogens with one attached hydrogen (secondary N) is 1. The van der Waals surface area contributed by atoms with E-state index in [0.29, 0.717) is 48.6 Å². The van der Waals surface area contributed by atoms with E-state index in [1.54, 1.807) is 12.1 Å². The molecule has 1 aromatic carbocycles. The molecule has 1 aromatic rings. The van der Waals surface area contributed by atoms with E-state index < -0.39 is 0 Å². The molecule has 0 saturated carbocycles. The normalized spacial score (nSPS) is 11.4. The van der Waals surface area contributed by atoms with Crippen LogP contribution in [0.25, 0.3) is 0 Å². The highest BCUT2D eigenvalue weighted by atomic mass is 16.5. The Morgan fingerprint density at radius 2 is 1.58 bits per heavy atom. The van der Waals surface area contributed by atoms with Crippen LogP contribution in [-0.2, 0) is 0 Å². The summed E-state index contributed by atoms with van der Waals surface area (Å²) in [6, 6.07) is 3.32. The fraction of sp³-hybridized carbons (Fsp3) is 0.600. The lowest BCUT2D eigenvalue weighted by Gasteiger charge is -2.16. The Morgan fingerprint density at radius 1 is 1.04 bits per heavy atom. The van der Waals surface area contributed by atoms with Gasteiger partial charge >= 0.3 is 0 Å². The molecular formula is C20H32N2O4. The van der Waals surface area contributed by atoms with Crippen molar-refractivity contribution in [2.75, 3.05) is 19.8 Å². The maximum Gasteiger partial charge on any atom is 0.271 e. The van der Waals surface area contributed by atoms with Crippen molar-refractivity contribution in [1.29, 1.82) is 0 Å². The van der Waals surface area contributed by atoms with Gasteiger partial charge in [0.25, 0.3) is 5.91 Å². The second-order valence-corrected chi connectivity index (χ2v) is 6.32. The van der Waals surface area contributed by atoms with Crippen molar-refractivity contribution in [3.05, 3.63) is 17.7 Å². The van der Waals surface area contributed by atoms with E-state index in [1.165, 1.54) is 0 Å². The van der Waals surface area contributed by atoms with Gasteiger partial charge in [0.15, 0.2) is 11.5 Å². The van der Waals surface area contributed by atoms with E-state index in [9.17, 15) is 4.79 Å². The van der Waals surface area contributed by atoms with Gasteiger partial charge in [-0.25, -0.2) is 5.43 Å². The first-order valence-corrected chi connectivity index (χ1v) is 9.32. The summed E-state index contributed by atoms with van der Waals surface area (Å²) in [5.74, 6) is 1.80. The number of hydrogen-bond acceptors (Lipinski definition) is 5. The Morgan fingerprint density at radius 3 is 2.04 bits per heavy atom. The van der Waals surface area contributed by atoms with Crippen molar-refractivity contribution in [2.45, 2.75) is 54.4 Å². The van der Waals surface area contributed by atoms with E-state index in [1.807, 2.05) is 27.7 Å². The Hall–Kier alpha value is -2.24. The quantitative estimate of drug-likeness (QED) is 0.466. The molecule has 0 saturated heterocycles. The Labute approximate surface area is 156 Å². The number of hydrogen-bond donors (Lipinski definition) is 1. The van der Waals surface area contributed by atoms with Gasteiger partial charge in [-0.15, -0.1) is 0 Å². The molecule has 0 aliphatic rings. The maximum absolute atomic E-state index is 12.5. The Bertz CT molecular complexity index is 585. The molecule has 0 aliphatic heterocycles. The third kappa shape index (κ3) is 6.94. The largest absolute Gasteiger partial charge is 0.490 e. The topological polar surface area (TPSA) is 69.2 Å². The zero-order chi connectivity index (χ0) is 19.5. The SMILES string of the molecule is CCOc1cc(C(=O)N/N=C(\C)CCC(C)C)cc(OCC)c1OCC. The zero-order valence-corrected chi connectivity index (χ0v) is 16.8. The average Bonchev–Trinajstić information content (AvgIpc) is 2.60. The van der Waals surface area contributed by atoms with E-state index in [0.717, 1.165) is 18.6 Å². The summed E-state index contributed by atoms with van der Waals surface area (Å²) >= 11 is 0. The van der Waals surface area contributed by atoms with Gasteiger partial charge in [-0.2, -0.15) is 5.10 Å². The van der Waals surface area contributed by atoms with Crippen LogP contribution in [0.2, 0.25) is 0 Å². The fourth-order valence-electron chi connectivity index (χ4n) is 2.28. The van der Waals surface area contributed by atoms with E-state index in [2.05, 4.69) is 24.4 Å². The van der Waals surface area contributed by atoms with Gasteiger partial charge in [0.1, 0.15) is 0 Å². The molecule has 0 atom stereocenters. The van der Waals surface area contributed by atoms with Gasteiger partial charge in [-0.05, 0) is 58.6 Å². The van der Waals surface area contributed by atoms with Gasteiger partial charge in [0.2, 0.25) is 5.75 Å². The van der Waals surface area contributed by atoms with Crippen LogP contribution in [0.5, 0.6) is 17.2 Å². The summed E-state index contributed by atoms with van der Waals surface area (Å²) < 4.78 is 16.9. The van der Waals surface area contributed by atoms with Crippen LogP contribution in [0.15, 0.2) is 17.2 Å². The summed E-state index contributed by atoms with van der Waals surface area (Å²) in [7, 11) is 0. The molecular weight excluding hydrogens is 332 g/mol. The van der Waals surface area contributed by atoms with Crippen LogP contribution in [0.4, 0.5) is 0 Å². The summed E-state index contributed by atoms with van der Waals surface area (Å²) in [6.07, 6.45) is 1.90. The minimum atomic E-state index is -0.307. The monoisotopic (exact) mass is 364 g/mol. The molecule has 26 heavy (non-hydrogen) atoms. The second kappa shape index (κ2) is 11.4. The Kier molecular flexibility index (Phi) is 9.55. The van der Waals surface area contributed by atoms with E-state index >= 15 is 0 Å². The van der Waals surface area contributed by atoms with Crippen LogP contribution >= 0.6 is 0 Å². The predicted octanol–water partition coefficient (Wildman–Crippen LogP) is 4.42. The van der Waals surface area contributed by atoms with Crippen molar-refractivity contribution >= 4 is 11.6 Å². The molecule has 0 spiro atoms. The number of ether oxygens (including phenoxy) is 3. The molecule has 6 nitrogen and oxygen atoms in total. The molecule has 0 aliphatic carbocycles. The number of hydrazone groups is 1. The van der Waals surface area contributed by atoms with Gasteiger partial charge in [0.05, 0.1) is 19.8 Å². The molecule has 0 fully saturated rings. The molecule has 146 valence electrons. The summed E-state index contributed by atoms with van der Waals surface area (Å²) in [5.41, 5.74) is 3.92. The van der Waals surface area contributed by atoms with Gasteiger partial charge in [0, 0.05) is 11.3 Å². The molecule has 1 amide bonds. The van der Waals surface area contributed by atoms with Crippen molar-refractivity contribution < 1.29 is 19.0 Å². The van der Waals surface area contributed by atoms with E-state index in [-0.39, 0.29) is 5.91 Å². The molecule has 6 heteroatoms.